The van der Waals surface area contributed by atoms with E-state index in [0.29, 0.717) is 19.3 Å². The molecule has 0 spiro atoms. The lowest BCUT2D eigenvalue weighted by Gasteiger charge is -2.18. The van der Waals surface area contributed by atoms with Crippen LogP contribution in [0.2, 0.25) is 0 Å². The molecule has 350 valence electrons. The van der Waals surface area contributed by atoms with Gasteiger partial charge in [-0.05, 0) is 25.2 Å². The van der Waals surface area contributed by atoms with Crippen molar-refractivity contribution in [1.29, 1.82) is 0 Å². The van der Waals surface area contributed by atoms with Crippen LogP contribution in [-0.2, 0) is 28.6 Å². The Morgan fingerprint density at radius 3 is 0.831 bits per heavy atom. The summed E-state index contributed by atoms with van der Waals surface area (Å²) < 4.78 is 16.8. The van der Waals surface area contributed by atoms with Crippen molar-refractivity contribution in [3.05, 3.63) is 0 Å². The van der Waals surface area contributed by atoms with Crippen molar-refractivity contribution in [3.8, 4) is 0 Å². The average molecular weight is 835 g/mol. The van der Waals surface area contributed by atoms with Gasteiger partial charge < -0.3 is 14.2 Å². The highest BCUT2D eigenvalue weighted by Crippen LogP contribution is 2.17. The van der Waals surface area contributed by atoms with Gasteiger partial charge in [0.1, 0.15) is 13.2 Å². The van der Waals surface area contributed by atoms with Crippen LogP contribution < -0.4 is 0 Å². The zero-order valence-corrected chi connectivity index (χ0v) is 40.2. The van der Waals surface area contributed by atoms with Crippen molar-refractivity contribution >= 4 is 17.9 Å². The summed E-state index contributed by atoms with van der Waals surface area (Å²) in [5.74, 6) is 0.00180. The molecule has 0 saturated heterocycles. The lowest BCUT2D eigenvalue weighted by atomic mass is 10.0. The molecule has 6 heteroatoms. The first-order chi connectivity index (χ1) is 28.9. The Bertz CT molecular complexity index is 887. The van der Waals surface area contributed by atoms with Gasteiger partial charge in [0.2, 0.25) is 0 Å². The van der Waals surface area contributed by atoms with Crippen LogP contribution >= 0.6 is 0 Å². The second-order valence-corrected chi connectivity index (χ2v) is 18.6. The molecule has 0 N–H and O–H groups in total. The standard InChI is InChI=1S/C53H102O6/c1-5-7-9-11-13-15-17-20-25-28-32-36-40-44-51(54)57-47-50(59-53(56)46-42-38-34-30-23-16-14-12-10-8-6-2)48-58-52(55)45-41-37-33-29-26-22-19-18-21-24-27-31-35-39-43-49(3)4/h49-50H,5-48H2,1-4H3/t50-/m0/s1. The SMILES string of the molecule is CCCCCCCCCCCCCCCC(=O)OC[C@@H](COC(=O)CCCCCCCCCCCCCCCCC(C)C)OC(=O)CCCCCCCCCCCCC. The molecule has 0 fully saturated rings. The van der Waals surface area contributed by atoms with Gasteiger partial charge >= 0.3 is 17.9 Å². The van der Waals surface area contributed by atoms with Crippen molar-refractivity contribution in [2.24, 2.45) is 5.92 Å². The first-order valence-corrected chi connectivity index (χ1v) is 26.4. The largest absolute Gasteiger partial charge is 0.462 e. The summed E-state index contributed by atoms with van der Waals surface area (Å²) in [6, 6.07) is 0. The van der Waals surface area contributed by atoms with Crippen LogP contribution in [0.3, 0.4) is 0 Å². The molecule has 0 saturated carbocycles. The monoisotopic (exact) mass is 835 g/mol. The van der Waals surface area contributed by atoms with Crippen LogP contribution in [0, 0.1) is 5.92 Å². The molecule has 0 radical (unpaired) electrons. The minimum Gasteiger partial charge on any atom is -0.462 e. The molecule has 1 atom stereocenters. The Morgan fingerprint density at radius 1 is 0.322 bits per heavy atom. The van der Waals surface area contributed by atoms with Gasteiger partial charge in [-0.25, -0.2) is 0 Å². The average Bonchev–Trinajstić information content (AvgIpc) is 3.22. The van der Waals surface area contributed by atoms with Crippen molar-refractivity contribution in [1.82, 2.24) is 0 Å². The smallest absolute Gasteiger partial charge is 0.306 e. The Balaban J connectivity index is 4.26. The molecule has 0 heterocycles. The minimum absolute atomic E-state index is 0.0625. The van der Waals surface area contributed by atoms with E-state index in [1.807, 2.05) is 0 Å². The maximum Gasteiger partial charge on any atom is 0.306 e. The van der Waals surface area contributed by atoms with Gasteiger partial charge in [0.05, 0.1) is 0 Å². The van der Waals surface area contributed by atoms with Crippen LogP contribution in [0.1, 0.15) is 297 Å². The fourth-order valence-corrected chi connectivity index (χ4v) is 8.04. The minimum atomic E-state index is -0.760. The number of rotatable bonds is 48. The van der Waals surface area contributed by atoms with E-state index in [4.69, 9.17) is 14.2 Å². The number of carbonyl (C=O) groups excluding carboxylic acids is 3. The van der Waals surface area contributed by atoms with Crippen molar-refractivity contribution < 1.29 is 28.6 Å². The summed E-state index contributed by atoms with van der Waals surface area (Å²) >= 11 is 0. The molecule has 0 aromatic heterocycles. The zero-order chi connectivity index (χ0) is 43.1. The molecule has 0 aliphatic heterocycles. The third-order valence-corrected chi connectivity index (χ3v) is 12.0. The first kappa shape index (κ1) is 57.4. The highest BCUT2D eigenvalue weighted by Gasteiger charge is 2.19. The number of esters is 3. The van der Waals surface area contributed by atoms with Crippen LogP contribution in [0.5, 0.6) is 0 Å². The third kappa shape index (κ3) is 47.3. The quantitative estimate of drug-likeness (QED) is 0.0345. The summed E-state index contributed by atoms with van der Waals surface area (Å²) in [5.41, 5.74) is 0. The van der Waals surface area contributed by atoms with Crippen LogP contribution in [-0.4, -0.2) is 37.2 Å². The summed E-state index contributed by atoms with van der Waals surface area (Å²) in [4.78, 5) is 37.9. The van der Waals surface area contributed by atoms with Gasteiger partial charge in [0.25, 0.3) is 0 Å². The normalized spacial score (nSPS) is 11.9. The van der Waals surface area contributed by atoms with Gasteiger partial charge in [0, 0.05) is 19.3 Å². The summed E-state index contributed by atoms with van der Waals surface area (Å²) in [7, 11) is 0. The molecule has 0 aliphatic rings. The van der Waals surface area contributed by atoms with Gasteiger partial charge in [0.15, 0.2) is 6.10 Å². The highest BCUT2D eigenvalue weighted by molar-refractivity contribution is 5.71. The van der Waals surface area contributed by atoms with E-state index >= 15 is 0 Å². The van der Waals surface area contributed by atoms with E-state index < -0.39 is 6.10 Å². The molecule has 0 bridgehead atoms. The van der Waals surface area contributed by atoms with E-state index in [2.05, 4.69) is 27.7 Å². The Hall–Kier alpha value is -1.59. The molecule has 6 nitrogen and oxygen atoms in total. The molecular weight excluding hydrogens is 733 g/mol. The van der Waals surface area contributed by atoms with Crippen LogP contribution in [0.25, 0.3) is 0 Å². The predicted molar refractivity (Wildman–Crippen MR) is 252 cm³/mol. The van der Waals surface area contributed by atoms with E-state index in [1.54, 1.807) is 0 Å². The Kier molecular flexibility index (Phi) is 46.2. The van der Waals surface area contributed by atoms with Gasteiger partial charge in [-0.15, -0.1) is 0 Å². The maximum atomic E-state index is 12.8. The lowest BCUT2D eigenvalue weighted by molar-refractivity contribution is -0.167. The topological polar surface area (TPSA) is 78.9 Å². The molecule has 0 unspecified atom stereocenters. The predicted octanol–water partition coefficient (Wildman–Crippen LogP) is 17.1. The van der Waals surface area contributed by atoms with Crippen LogP contribution in [0.4, 0.5) is 0 Å². The fraction of sp³-hybridized carbons (Fsp3) is 0.943. The zero-order valence-electron chi connectivity index (χ0n) is 40.2. The van der Waals surface area contributed by atoms with Gasteiger partial charge in [-0.1, -0.05) is 259 Å². The summed E-state index contributed by atoms with van der Waals surface area (Å²) in [5, 5.41) is 0. The Labute approximate surface area is 368 Å². The number of carbonyl (C=O) groups is 3. The lowest BCUT2D eigenvalue weighted by Crippen LogP contribution is -2.30. The maximum absolute atomic E-state index is 12.8. The highest BCUT2D eigenvalue weighted by atomic mass is 16.6. The first-order valence-electron chi connectivity index (χ1n) is 26.4. The van der Waals surface area contributed by atoms with E-state index in [1.165, 1.54) is 193 Å². The molecule has 59 heavy (non-hydrogen) atoms. The summed E-state index contributed by atoms with van der Waals surface area (Å²) in [6.07, 6.45) is 49.4. The number of unbranched alkanes of at least 4 members (excludes halogenated alkanes) is 35. The number of hydrogen-bond donors (Lipinski definition) is 0. The molecule has 0 rings (SSSR count). The second-order valence-electron chi connectivity index (χ2n) is 18.6. The van der Waals surface area contributed by atoms with Crippen molar-refractivity contribution in [2.75, 3.05) is 13.2 Å². The summed E-state index contributed by atoms with van der Waals surface area (Å²) in [6.45, 7) is 9.03. The third-order valence-electron chi connectivity index (χ3n) is 12.0. The van der Waals surface area contributed by atoms with Gasteiger partial charge in [-0.2, -0.15) is 0 Å². The number of hydrogen-bond acceptors (Lipinski definition) is 6. The number of ether oxygens (including phenoxy) is 3. The molecule has 0 aliphatic carbocycles. The van der Waals surface area contributed by atoms with Crippen molar-refractivity contribution in [3.63, 3.8) is 0 Å². The molecule has 0 aromatic carbocycles. The van der Waals surface area contributed by atoms with Crippen LogP contribution in [0.15, 0.2) is 0 Å². The van der Waals surface area contributed by atoms with E-state index in [-0.39, 0.29) is 31.1 Å². The van der Waals surface area contributed by atoms with Crippen molar-refractivity contribution in [2.45, 2.75) is 303 Å². The molecule has 0 amide bonds. The molecular formula is C53H102O6. The molecule has 0 aromatic rings. The van der Waals surface area contributed by atoms with E-state index in [0.717, 1.165) is 63.7 Å². The van der Waals surface area contributed by atoms with Gasteiger partial charge in [-0.3, -0.25) is 14.4 Å². The second kappa shape index (κ2) is 47.5. The fourth-order valence-electron chi connectivity index (χ4n) is 8.04. The van der Waals surface area contributed by atoms with E-state index in [9.17, 15) is 14.4 Å². The Morgan fingerprint density at radius 2 is 0.559 bits per heavy atom.